The second kappa shape index (κ2) is 8.30. The lowest BCUT2D eigenvalue weighted by molar-refractivity contribution is 0.0521. The number of carbonyl (C=O) groups excluding carboxylic acids is 1. The molecule has 32 heavy (non-hydrogen) atoms. The van der Waals surface area contributed by atoms with Crippen LogP contribution in [-0.4, -0.2) is 47.1 Å². The molecule has 4 aromatic rings. The van der Waals surface area contributed by atoms with Crippen LogP contribution >= 0.6 is 0 Å². The monoisotopic (exact) mass is 425 g/mol. The summed E-state index contributed by atoms with van der Waals surface area (Å²) in [6, 6.07) is 19.4. The van der Waals surface area contributed by atoms with Gasteiger partial charge in [0.05, 0.1) is 6.54 Å². The van der Waals surface area contributed by atoms with Crippen molar-refractivity contribution in [1.82, 2.24) is 14.9 Å². The minimum Gasteiger partial charge on any atom is -0.486 e. The van der Waals surface area contributed by atoms with E-state index in [4.69, 9.17) is 9.47 Å². The van der Waals surface area contributed by atoms with Gasteiger partial charge in [-0.3, -0.25) is 4.79 Å². The van der Waals surface area contributed by atoms with E-state index in [0.29, 0.717) is 24.5 Å². The Kier molecular flexibility index (Phi) is 5.19. The minimum absolute atomic E-state index is 0.0570. The van der Waals surface area contributed by atoms with Gasteiger partial charge in [-0.2, -0.15) is 0 Å². The largest absolute Gasteiger partial charge is 0.486 e. The van der Waals surface area contributed by atoms with Crippen molar-refractivity contribution >= 4 is 16.7 Å². The number of likely N-dealkylation sites (N-methyl/N-ethyl adjacent to an activating group) is 1. The van der Waals surface area contributed by atoms with E-state index in [1.165, 1.54) is 0 Å². The summed E-state index contributed by atoms with van der Waals surface area (Å²) in [6.45, 7) is 2.71. The van der Waals surface area contributed by atoms with Crippen molar-refractivity contribution in [3.8, 4) is 22.6 Å². The maximum absolute atomic E-state index is 13.1. The minimum atomic E-state index is -0.215. The van der Waals surface area contributed by atoms with E-state index in [0.717, 1.165) is 33.5 Å². The molecule has 0 saturated heterocycles. The van der Waals surface area contributed by atoms with Gasteiger partial charge in [0, 0.05) is 30.6 Å². The molecule has 0 radical (unpaired) electrons. The zero-order valence-corrected chi connectivity index (χ0v) is 18.0. The van der Waals surface area contributed by atoms with Gasteiger partial charge in [-0.25, -0.2) is 9.97 Å². The molecule has 1 aromatic heterocycles. The Morgan fingerprint density at radius 2 is 1.81 bits per heavy atom. The van der Waals surface area contributed by atoms with E-state index in [9.17, 15) is 4.79 Å². The van der Waals surface area contributed by atoms with E-state index in [1.807, 2.05) is 80.0 Å². The number of hydrogen-bond donors (Lipinski definition) is 0. The number of hydrogen-bond acceptors (Lipinski definition) is 5. The molecule has 6 heteroatoms. The lowest BCUT2D eigenvalue weighted by atomic mass is 9.98. The number of ether oxygens (including phenoxy) is 2. The highest BCUT2D eigenvalue weighted by atomic mass is 16.6. The van der Waals surface area contributed by atoms with E-state index in [1.54, 1.807) is 11.9 Å². The van der Waals surface area contributed by atoms with Crippen LogP contribution in [0, 0.1) is 6.92 Å². The van der Waals surface area contributed by atoms with Gasteiger partial charge in [0.25, 0.3) is 5.91 Å². The van der Waals surface area contributed by atoms with Crippen molar-refractivity contribution in [2.45, 2.75) is 13.0 Å². The number of aryl methyl sites for hydroxylation is 1. The van der Waals surface area contributed by atoms with Crippen LogP contribution in [0.1, 0.15) is 16.2 Å². The number of amides is 1. The predicted molar refractivity (Wildman–Crippen MR) is 123 cm³/mol. The quantitative estimate of drug-likeness (QED) is 0.481. The summed E-state index contributed by atoms with van der Waals surface area (Å²) in [5.41, 5.74) is 2.63. The molecule has 3 aromatic carbocycles. The van der Waals surface area contributed by atoms with Crippen LogP contribution in [0.4, 0.5) is 0 Å². The number of aromatic nitrogens is 2. The second-order valence-corrected chi connectivity index (χ2v) is 7.94. The van der Waals surface area contributed by atoms with E-state index in [2.05, 4.69) is 9.97 Å². The molecule has 1 aliphatic heterocycles. The summed E-state index contributed by atoms with van der Waals surface area (Å²) in [5.74, 6) is 2.13. The van der Waals surface area contributed by atoms with Crippen LogP contribution in [0.25, 0.3) is 21.9 Å². The van der Waals surface area contributed by atoms with Crippen LogP contribution in [0.2, 0.25) is 0 Å². The van der Waals surface area contributed by atoms with Crippen LogP contribution in [0.3, 0.4) is 0 Å². The van der Waals surface area contributed by atoms with Gasteiger partial charge in [-0.1, -0.05) is 36.4 Å². The van der Waals surface area contributed by atoms with Crippen molar-refractivity contribution in [3.05, 3.63) is 84.4 Å². The highest BCUT2D eigenvalue weighted by Gasteiger charge is 2.24. The van der Waals surface area contributed by atoms with Crippen molar-refractivity contribution in [3.63, 3.8) is 0 Å². The molecule has 1 amide bonds. The van der Waals surface area contributed by atoms with Gasteiger partial charge < -0.3 is 14.4 Å². The maximum atomic E-state index is 13.1. The molecule has 0 fully saturated rings. The molecule has 5 rings (SSSR count). The predicted octanol–water partition coefficient (Wildman–Crippen LogP) is 4.52. The molecule has 0 N–H and O–H groups in total. The fourth-order valence-electron chi connectivity index (χ4n) is 3.96. The number of carbonyl (C=O) groups is 1. The first-order chi connectivity index (χ1) is 15.6. The summed E-state index contributed by atoms with van der Waals surface area (Å²) >= 11 is 0. The third-order valence-electron chi connectivity index (χ3n) is 5.61. The smallest absolute Gasteiger partial charge is 0.253 e. The highest BCUT2D eigenvalue weighted by Crippen LogP contribution is 2.31. The molecule has 160 valence electrons. The van der Waals surface area contributed by atoms with Crippen molar-refractivity contribution in [1.29, 1.82) is 0 Å². The summed E-state index contributed by atoms with van der Waals surface area (Å²) < 4.78 is 11.8. The van der Waals surface area contributed by atoms with E-state index in [-0.39, 0.29) is 12.0 Å². The molecule has 0 spiro atoms. The Bertz CT molecular complexity index is 1290. The van der Waals surface area contributed by atoms with Gasteiger partial charge in [-0.05, 0) is 47.5 Å². The molecular formula is C26H23N3O3. The van der Waals surface area contributed by atoms with E-state index >= 15 is 0 Å². The molecule has 2 heterocycles. The van der Waals surface area contributed by atoms with Gasteiger partial charge in [-0.15, -0.1) is 0 Å². The zero-order valence-electron chi connectivity index (χ0n) is 18.0. The fourth-order valence-corrected chi connectivity index (χ4v) is 3.96. The zero-order chi connectivity index (χ0) is 22.1. The number of rotatable bonds is 4. The van der Waals surface area contributed by atoms with Crippen LogP contribution in [0.5, 0.6) is 11.5 Å². The lowest BCUT2D eigenvalue weighted by Gasteiger charge is -2.29. The van der Waals surface area contributed by atoms with Crippen LogP contribution < -0.4 is 9.47 Å². The molecular weight excluding hydrogens is 402 g/mol. The SMILES string of the molecule is Cc1ncc(-c2cccc3cc(C(=O)N(C)CC4COc5ccccc5O4)ccc23)cn1. The first-order valence-corrected chi connectivity index (χ1v) is 10.5. The lowest BCUT2D eigenvalue weighted by Crippen LogP contribution is -2.41. The fraction of sp³-hybridized carbons (Fsp3) is 0.192. The third kappa shape index (κ3) is 3.87. The number of para-hydroxylation sites is 2. The number of fused-ring (bicyclic) bond motifs is 2. The summed E-state index contributed by atoms with van der Waals surface area (Å²) in [5, 5.41) is 2.05. The van der Waals surface area contributed by atoms with Crippen LogP contribution in [-0.2, 0) is 0 Å². The number of nitrogens with zero attached hydrogens (tertiary/aromatic N) is 3. The average Bonchev–Trinajstić information content (AvgIpc) is 2.83. The van der Waals surface area contributed by atoms with Crippen molar-refractivity contribution in [2.24, 2.45) is 0 Å². The van der Waals surface area contributed by atoms with Crippen molar-refractivity contribution in [2.75, 3.05) is 20.2 Å². The van der Waals surface area contributed by atoms with Gasteiger partial charge >= 0.3 is 0 Å². The molecule has 0 aliphatic carbocycles. The third-order valence-corrected chi connectivity index (χ3v) is 5.61. The molecule has 1 atom stereocenters. The standard InChI is InChI=1S/C26H23N3O3/c1-17-27-13-20(14-28-17)22-7-5-6-18-12-19(10-11-23(18)22)26(30)29(2)15-21-16-31-24-8-3-4-9-25(24)32-21/h3-14,21H,15-16H2,1-2H3. The number of benzene rings is 3. The topological polar surface area (TPSA) is 64.6 Å². The summed E-state index contributed by atoms with van der Waals surface area (Å²) in [7, 11) is 1.79. The van der Waals surface area contributed by atoms with Gasteiger partial charge in [0.15, 0.2) is 17.6 Å². The van der Waals surface area contributed by atoms with Gasteiger partial charge in [0.1, 0.15) is 12.4 Å². The van der Waals surface area contributed by atoms with Gasteiger partial charge in [0.2, 0.25) is 0 Å². The first-order valence-electron chi connectivity index (χ1n) is 10.5. The Balaban J connectivity index is 1.35. The normalized spacial score (nSPS) is 14.9. The van der Waals surface area contributed by atoms with E-state index < -0.39 is 0 Å². The highest BCUT2D eigenvalue weighted by molar-refractivity contribution is 6.02. The summed E-state index contributed by atoms with van der Waals surface area (Å²) in [6.07, 6.45) is 3.44. The Morgan fingerprint density at radius 1 is 1.03 bits per heavy atom. The molecule has 0 saturated carbocycles. The summed E-state index contributed by atoms with van der Waals surface area (Å²) in [4.78, 5) is 23.4. The molecule has 1 aliphatic rings. The molecule has 0 bridgehead atoms. The molecule has 1 unspecified atom stereocenters. The Labute approximate surface area is 186 Å². The Morgan fingerprint density at radius 3 is 2.62 bits per heavy atom. The average molecular weight is 425 g/mol. The molecule has 6 nitrogen and oxygen atoms in total. The Hall–Kier alpha value is -3.93. The van der Waals surface area contributed by atoms with Crippen molar-refractivity contribution < 1.29 is 14.3 Å². The maximum Gasteiger partial charge on any atom is 0.253 e. The van der Waals surface area contributed by atoms with Crippen LogP contribution in [0.15, 0.2) is 73.1 Å². The second-order valence-electron chi connectivity index (χ2n) is 7.94. The first kappa shape index (κ1) is 20.0.